The van der Waals surface area contributed by atoms with Gasteiger partial charge in [-0.05, 0) is 19.1 Å². The zero-order valence-electron chi connectivity index (χ0n) is 10.5. The summed E-state index contributed by atoms with van der Waals surface area (Å²) in [6.45, 7) is 6.68. The van der Waals surface area contributed by atoms with E-state index >= 15 is 0 Å². The first-order valence-corrected chi connectivity index (χ1v) is 6.12. The van der Waals surface area contributed by atoms with Crippen LogP contribution in [0.25, 0.3) is 0 Å². The maximum atomic E-state index is 5.59. The number of piperazine rings is 1. The minimum Gasteiger partial charge on any atom is -0.491 e. The highest BCUT2D eigenvalue weighted by Gasteiger charge is 2.17. The number of nitrogens with zero attached hydrogens (tertiary/aromatic N) is 1. The summed E-state index contributed by atoms with van der Waals surface area (Å²) >= 11 is 0. The Balaban J connectivity index is 2.28. The van der Waals surface area contributed by atoms with Crippen molar-refractivity contribution in [2.45, 2.75) is 6.92 Å². The molecule has 0 spiro atoms. The van der Waals surface area contributed by atoms with Crippen molar-refractivity contribution in [2.75, 3.05) is 44.8 Å². The summed E-state index contributed by atoms with van der Waals surface area (Å²) in [7, 11) is 1.70. The van der Waals surface area contributed by atoms with Crippen molar-refractivity contribution in [1.82, 2.24) is 5.32 Å². The Kier molecular flexibility index (Phi) is 4.09. The maximum Gasteiger partial charge on any atom is 0.184 e. The molecule has 1 aromatic rings. The van der Waals surface area contributed by atoms with Crippen LogP contribution in [0.4, 0.5) is 5.69 Å². The third-order valence-corrected chi connectivity index (χ3v) is 2.92. The molecular formula is C13H20N2O2. The van der Waals surface area contributed by atoms with Crippen LogP contribution < -0.4 is 19.7 Å². The standard InChI is InChI=1S/C13H20N2O2/c1-3-17-12-6-4-5-11(13(12)16-2)15-9-7-14-8-10-15/h4-6,14H,3,7-10H2,1-2H3. The summed E-state index contributed by atoms with van der Waals surface area (Å²) in [5.74, 6) is 1.67. The number of hydrogen-bond acceptors (Lipinski definition) is 4. The summed E-state index contributed by atoms with van der Waals surface area (Å²) in [5.41, 5.74) is 1.12. The number of methoxy groups -OCH3 is 1. The van der Waals surface area contributed by atoms with Crippen LogP contribution in [-0.2, 0) is 0 Å². The smallest absolute Gasteiger partial charge is 0.184 e. The molecular weight excluding hydrogens is 216 g/mol. The van der Waals surface area contributed by atoms with Gasteiger partial charge in [-0.15, -0.1) is 0 Å². The molecule has 0 unspecified atom stereocenters. The number of rotatable bonds is 4. The Bertz CT molecular complexity index is 362. The van der Waals surface area contributed by atoms with Crippen molar-refractivity contribution < 1.29 is 9.47 Å². The number of anilines is 1. The highest BCUT2D eigenvalue weighted by atomic mass is 16.5. The molecule has 2 rings (SSSR count). The summed E-state index contributed by atoms with van der Waals surface area (Å²) in [4.78, 5) is 2.33. The fraction of sp³-hybridized carbons (Fsp3) is 0.538. The van der Waals surface area contributed by atoms with E-state index in [2.05, 4.69) is 16.3 Å². The van der Waals surface area contributed by atoms with Gasteiger partial charge >= 0.3 is 0 Å². The average molecular weight is 236 g/mol. The van der Waals surface area contributed by atoms with E-state index in [4.69, 9.17) is 9.47 Å². The van der Waals surface area contributed by atoms with Gasteiger partial charge in [-0.3, -0.25) is 0 Å². The minimum absolute atomic E-state index is 0.654. The van der Waals surface area contributed by atoms with Crippen LogP contribution in [0.1, 0.15) is 6.92 Å². The molecule has 0 aliphatic carbocycles. The van der Waals surface area contributed by atoms with Crippen molar-refractivity contribution in [3.8, 4) is 11.5 Å². The zero-order chi connectivity index (χ0) is 12.1. The summed E-state index contributed by atoms with van der Waals surface area (Å²) in [6.07, 6.45) is 0. The van der Waals surface area contributed by atoms with E-state index in [9.17, 15) is 0 Å². The number of para-hydroxylation sites is 1. The number of ether oxygens (including phenoxy) is 2. The van der Waals surface area contributed by atoms with E-state index in [0.29, 0.717) is 6.61 Å². The van der Waals surface area contributed by atoms with E-state index in [0.717, 1.165) is 43.4 Å². The second-order valence-electron chi connectivity index (χ2n) is 3.98. The van der Waals surface area contributed by atoms with E-state index in [1.807, 2.05) is 19.1 Å². The monoisotopic (exact) mass is 236 g/mol. The Labute approximate surface area is 103 Å². The number of hydrogen-bond donors (Lipinski definition) is 1. The molecule has 1 saturated heterocycles. The number of benzene rings is 1. The van der Waals surface area contributed by atoms with Gasteiger partial charge in [0, 0.05) is 26.2 Å². The third-order valence-electron chi connectivity index (χ3n) is 2.92. The molecule has 94 valence electrons. The molecule has 0 atom stereocenters. The molecule has 1 aromatic carbocycles. The molecule has 0 amide bonds. The first-order chi connectivity index (χ1) is 8.36. The van der Waals surface area contributed by atoms with Crippen LogP contribution >= 0.6 is 0 Å². The Morgan fingerprint density at radius 2 is 2.06 bits per heavy atom. The molecule has 1 fully saturated rings. The lowest BCUT2D eigenvalue weighted by Gasteiger charge is -2.31. The van der Waals surface area contributed by atoms with Gasteiger partial charge < -0.3 is 19.7 Å². The SMILES string of the molecule is CCOc1cccc(N2CCNCC2)c1OC. The van der Waals surface area contributed by atoms with Gasteiger partial charge in [-0.2, -0.15) is 0 Å². The average Bonchev–Trinajstić information content (AvgIpc) is 2.40. The van der Waals surface area contributed by atoms with Gasteiger partial charge in [0.25, 0.3) is 0 Å². The van der Waals surface area contributed by atoms with Crippen molar-refractivity contribution in [3.63, 3.8) is 0 Å². The molecule has 0 radical (unpaired) electrons. The second kappa shape index (κ2) is 5.77. The Morgan fingerprint density at radius 1 is 1.29 bits per heavy atom. The normalized spacial score (nSPS) is 15.8. The molecule has 17 heavy (non-hydrogen) atoms. The Morgan fingerprint density at radius 3 is 2.71 bits per heavy atom. The lowest BCUT2D eigenvalue weighted by molar-refractivity contribution is 0.311. The lowest BCUT2D eigenvalue weighted by atomic mass is 10.2. The van der Waals surface area contributed by atoms with Crippen molar-refractivity contribution in [2.24, 2.45) is 0 Å². The molecule has 0 aromatic heterocycles. The molecule has 1 N–H and O–H groups in total. The predicted molar refractivity (Wildman–Crippen MR) is 69.2 cm³/mol. The molecule has 1 heterocycles. The van der Waals surface area contributed by atoms with Crippen LogP contribution in [0.15, 0.2) is 18.2 Å². The first kappa shape index (κ1) is 12.0. The second-order valence-corrected chi connectivity index (χ2v) is 3.98. The first-order valence-electron chi connectivity index (χ1n) is 6.12. The molecule has 4 heteroatoms. The topological polar surface area (TPSA) is 33.7 Å². The number of nitrogens with one attached hydrogen (secondary N) is 1. The lowest BCUT2D eigenvalue weighted by Crippen LogP contribution is -2.43. The summed E-state index contributed by atoms with van der Waals surface area (Å²) < 4.78 is 11.1. The maximum absolute atomic E-state index is 5.59. The molecule has 0 saturated carbocycles. The van der Waals surface area contributed by atoms with Crippen molar-refractivity contribution >= 4 is 5.69 Å². The van der Waals surface area contributed by atoms with Crippen molar-refractivity contribution in [3.05, 3.63) is 18.2 Å². The highest BCUT2D eigenvalue weighted by Crippen LogP contribution is 2.37. The van der Waals surface area contributed by atoms with E-state index in [1.54, 1.807) is 7.11 Å². The van der Waals surface area contributed by atoms with Crippen LogP contribution in [0.2, 0.25) is 0 Å². The molecule has 1 aliphatic rings. The van der Waals surface area contributed by atoms with Gasteiger partial charge in [0.2, 0.25) is 0 Å². The molecule has 4 nitrogen and oxygen atoms in total. The predicted octanol–water partition coefficient (Wildman–Crippen LogP) is 1.50. The zero-order valence-corrected chi connectivity index (χ0v) is 10.5. The Hall–Kier alpha value is -1.42. The summed E-state index contributed by atoms with van der Waals surface area (Å²) in [5, 5.41) is 3.35. The van der Waals surface area contributed by atoms with Crippen LogP contribution in [0.5, 0.6) is 11.5 Å². The van der Waals surface area contributed by atoms with Gasteiger partial charge in [0.1, 0.15) is 0 Å². The van der Waals surface area contributed by atoms with Gasteiger partial charge in [0.05, 0.1) is 19.4 Å². The van der Waals surface area contributed by atoms with E-state index in [-0.39, 0.29) is 0 Å². The fourth-order valence-corrected chi connectivity index (χ4v) is 2.13. The van der Waals surface area contributed by atoms with Gasteiger partial charge in [0.15, 0.2) is 11.5 Å². The van der Waals surface area contributed by atoms with Gasteiger partial charge in [-0.25, -0.2) is 0 Å². The molecule has 0 bridgehead atoms. The summed E-state index contributed by atoms with van der Waals surface area (Å²) in [6, 6.07) is 6.06. The fourth-order valence-electron chi connectivity index (χ4n) is 2.13. The van der Waals surface area contributed by atoms with Crippen LogP contribution in [0, 0.1) is 0 Å². The van der Waals surface area contributed by atoms with Gasteiger partial charge in [-0.1, -0.05) is 6.07 Å². The largest absolute Gasteiger partial charge is 0.491 e. The molecule has 1 aliphatic heterocycles. The highest BCUT2D eigenvalue weighted by molar-refractivity contribution is 5.65. The van der Waals surface area contributed by atoms with E-state index in [1.165, 1.54) is 0 Å². The van der Waals surface area contributed by atoms with Crippen molar-refractivity contribution in [1.29, 1.82) is 0 Å². The quantitative estimate of drug-likeness (QED) is 0.859. The minimum atomic E-state index is 0.654. The van der Waals surface area contributed by atoms with Crippen LogP contribution in [0.3, 0.4) is 0 Å². The third kappa shape index (κ3) is 2.64. The van der Waals surface area contributed by atoms with Crippen LogP contribution in [-0.4, -0.2) is 39.9 Å². The van der Waals surface area contributed by atoms with E-state index < -0.39 is 0 Å².